The van der Waals surface area contributed by atoms with Gasteiger partial charge in [-0.25, -0.2) is 0 Å². The highest BCUT2D eigenvalue weighted by Crippen LogP contribution is 2.31. The summed E-state index contributed by atoms with van der Waals surface area (Å²) in [4.78, 5) is 11.4. The Morgan fingerprint density at radius 3 is 2.45 bits per heavy atom. The van der Waals surface area contributed by atoms with Crippen molar-refractivity contribution in [2.75, 3.05) is 6.61 Å². The number of benzene rings is 1. The SMILES string of the molecule is CCC(CC)(CCOc1cccc(C(C)C)c1)C(=O)O. The van der Waals surface area contributed by atoms with Crippen molar-refractivity contribution in [1.29, 1.82) is 0 Å². The maximum Gasteiger partial charge on any atom is 0.309 e. The molecule has 0 unspecified atom stereocenters. The fraction of sp³-hybridized carbons (Fsp3) is 0.588. The molecule has 1 aromatic carbocycles. The predicted molar refractivity (Wildman–Crippen MR) is 81.3 cm³/mol. The molecule has 0 aliphatic carbocycles. The minimum absolute atomic E-state index is 0.440. The van der Waals surface area contributed by atoms with Crippen LogP contribution >= 0.6 is 0 Å². The molecule has 0 bridgehead atoms. The van der Waals surface area contributed by atoms with Crippen molar-refractivity contribution in [3.8, 4) is 5.75 Å². The molecule has 0 aliphatic heterocycles. The fourth-order valence-corrected chi connectivity index (χ4v) is 2.34. The van der Waals surface area contributed by atoms with Gasteiger partial charge in [0.25, 0.3) is 0 Å². The van der Waals surface area contributed by atoms with Crippen LogP contribution in [-0.4, -0.2) is 17.7 Å². The van der Waals surface area contributed by atoms with Gasteiger partial charge in [-0.3, -0.25) is 4.79 Å². The fourth-order valence-electron chi connectivity index (χ4n) is 2.34. The van der Waals surface area contributed by atoms with Gasteiger partial charge in [0.15, 0.2) is 0 Å². The predicted octanol–water partition coefficient (Wildman–Crippen LogP) is 4.47. The van der Waals surface area contributed by atoms with Crippen LogP contribution in [0.4, 0.5) is 0 Å². The first-order chi connectivity index (χ1) is 9.45. The normalized spacial score (nSPS) is 11.7. The standard InChI is InChI=1S/C17H26O3/c1-5-17(6-2,16(18)19)10-11-20-15-9-7-8-14(12-15)13(3)4/h7-9,12-13H,5-6,10-11H2,1-4H3,(H,18,19). The van der Waals surface area contributed by atoms with Gasteiger partial charge < -0.3 is 9.84 Å². The quantitative estimate of drug-likeness (QED) is 0.763. The molecule has 0 spiro atoms. The number of hydrogen-bond acceptors (Lipinski definition) is 2. The zero-order valence-electron chi connectivity index (χ0n) is 13.0. The summed E-state index contributed by atoms with van der Waals surface area (Å²) in [5, 5.41) is 9.38. The molecule has 0 heterocycles. The molecular weight excluding hydrogens is 252 g/mol. The van der Waals surface area contributed by atoms with Crippen LogP contribution < -0.4 is 4.74 Å². The van der Waals surface area contributed by atoms with Crippen LogP contribution in [0, 0.1) is 5.41 Å². The van der Waals surface area contributed by atoms with E-state index in [1.165, 1.54) is 5.56 Å². The van der Waals surface area contributed by atoms with Crippen LogP contribution in [0.25, 0.3) is 0 Å². The summed E-state index contributed by atoms with van der Waals surface area (Å²) in [6.45, 7) is 8.58. The van der Waals surface area contributed by atoms with Crippen molar-refractivity contribution < 1.29 is 14.6 Å². The van der Waals surface area contributed by atoms with E-state index in [1.807, 2.05) is 32.0 Å². The van der Waals surface area contributed by atoms with Crippen molar-refractivity contribution in [1.82, 2.24) is 0 Å². The topological polar surface area (TPSA) is 46.5 Å². The molecule has 1 N–H and O–H groups in total. The largest absolute Gasteiger partial charge is 0.494 e. The van der Waals surface area contributed by atoms with E-state index in [1.54, 1.807) is 0 Å². The Hall–Kier alpha value is -1.51. The van der Waals surface area contributed by atoms with Crippen molar-refractivity contribution in [3.05, 3.63) is 29.8 Å². The highest BCUT2D eigenvalue weighted by atomic mass is 16.5. The Labute approximate surface area is 122 Å². The van der Waals surface area contributed by atoms with Gasteiger partial charge in [-0.2, -0.15) is 0 Å². The van der Waals surface area contributed by atoms with Gasteiger partial charge in [-0.15, -0.1) is 0 Å². The number of carboxylic acid groups (broad SMARTS) is 1. The lowest BCUT2D eigenvalue weighted by Gasteiger charge is -2.26. The summed E-state index contributed by atoms with van der Waals surface area (Å²) in [7, 11) is 0. The number of ether oxygens (including phenoxy) is 1. The average Bonchev–Trinajstić information content (AvgIpc) is 2.44. The molecule has 0 saturated carbocycles. The number of carboxylic acids is 1. The Morgan fingerprint density at radius 1 is 1.30 bits per heavy atom. The van der Waals surface area contributed by atoms with E-state index >= 15 is 0 Å². The first kappa shape index (κ1) is 16.5. The Kier molecular flexibility index (Phi) is 6.05. The van der Waals surface area contributed by atoms with E-state index in [9.17, 15) is 9.90 Å². The van der Waals surface area contributed by atoms with Crippen molar-refractivity contribution in [2.24, 2.45) is 5.41 Å². The van der Waals surface area contributed by atoms with Crippen molar-refractivity contribution in [3.63, 3.8) is 0 Å². The first-order valence-corrected chi connectivity index (χ1v) is 7.41. The first-order valence-electron chi connectivity index (χ1n) is 7.41. The van der Waals surface area contributed by atoms with Gasteiger partial charge >= 0.3 is 5.97 Å². The number of carbonyl (C=O) groups is 1. The number of aliphatic carboxylic acids is 1. The summed E-state index contributed by atoms with van der Waals surface area (Å²) in [6.07, 6.45) is 1.81. The number of hydrogen-bond donors (Lipinski definition) is 1. The van der Waals surface area contributed by atoms with Crippen molar-refractivity contribution in [2.45, 2.75) is 52.9 Å². The third kappa shape index (κ3) is 3.99. The van der Waals surface area contributed by atoms with Crippen LogP contribution in [0.5, 0.6) is 5.75 Å². The van der Waals surface area contributed by atoms with Gasteiger partial charge in [0.1, 0.15) is 5.75 Å². The van der Waals surface area contributed by atoms with Crippen LogP contribution in [-0.2, 0) is 4.79 Å². The third-order valence-electron chi connectivity index (χ3n) is 4.18. The lowest BCUT2D eigenvalue weighted by molar-refractivity contribution is -0.150. The van der Waals surface area contributed by atoms with Gasteiger partial charge in [0, 0.05) is 0 Å². The van der Waals surface area contributed by atoms with E-state index in [0.717, 1.165) is 5.75 Å². The second-order valence-corrected chi connectivity index (χ2v) is 5.62. The van der Waals surface area contributed by atoms with E-state index < -0.39 is 11.4 Å². The van der Waals surface area contributed by atoms with E-state index in [2.05, 4.69) is 19.9 Å². The highest BCUT2D eigenvalue weighted by molar-refractivity contribution is 5.74. The Balaban J connectivity index is 2.63. The second-order valence-electron chi connectivity index (χ2n) is 5.62. The highest BCUT2D eigenvalue weighted by Gasteiger charge is 2.34. The maximum atomic E-state index is 11.4. The van der Waals surface area contributed by atoms with Crippen molar-refractivity contribution >= 4 is 5.97 Å². The summed E-state index contributed by atoms with van der Waals surface area (Å²) >= 11 is 0. The summed E-state index contributed by atoms with van der Waals surface area (Å²) in [5.41, 5.74) is 0.577. The summed E-state index contributed by atoms with van der Waals surface area (Å²) in [5.74, 6) is 0.563. The molecule has 0 fully saturated rings. The van der Waals surface area contributed by atoms with E-state index in [0.29, 0.717) is 31.8 Å². The molecule has 20 heavy (non-hydrogen) atoms. The zero-order valence-corrected chi connectivity index (χ0v) is 13.0. The molecule has 1 aromatic rings. The van der Waals surface area contributed by atoms with Gasteiger partial charge in [-0.1, -0.05) is 39.8 Å². The molecule has 112 valence electrons. The average molecular weight is 278 g/mol. The smallest absolute Gasteiger partial charge is 0.309 e. The molecule has 0 aromatic heterocycles. The zero-order chi connectivity index (χ0) is 15.2. The van der Waals surface area contributed by atoms with Gasteiger partial charge in [-0.05, 0) is 42.9 Å². The summed E-state index contributed by atoms with van der Waals surface area (Å²) < 4.78 is 5.74. The summed E-state index contributed by atoms with van der Waals surface area (Å²) in [6, 6.07) is 8.02. The van der Waals surface area contributed by atoms with Crippen LogP contribution in [0.15, 0.2) is 24.3 Å². The lowest BCUT2D eigenvalue weighted by Crippen LogP contribution is -2.31. The van der Waals surface area contributed by atoms with Gasteiger partial charge in [0.2, 0.25) is 0 Å². The molecule has 3 nitrogen and oxygen atoms in total. The molecule has 0 radical (unpaired) electrons. The van der Waals surface area contributed by atoms with Crippen LogP contribution in [0.1, 0.15) is 58.4 Å². The molecule has 0 amide bonds. The molecule has 0 saturated heterocycles. The van der Waals surface area contributed by atoms with Crippen LogP contribution in [0.2, 0.25) is 0 Å². The van der Waals surface area contributed by atoms with E-state index in [4.69, 9.17) is 4.74 Å². The van der Waals surface area contributed by atoms with Crippen LogP contribution in [0.3, 0.4) is 0 Å². The minimum Gasteiger partial charge on any atom is -0.494 e. The number of rotatable bonds is 8. The maximum absolute atomic E-state index is 11.4. The Bertz CT molecular complexity index is 434. The molecule has 0 atom stereocenters. The molecular formula is C17H26O3. The molecule has 1 rings (SSSR count). The minimum atomic E-state index is -0.720. The Morgan fingerprint density at radius 2 is 1.95 bits per heavy atom. The lowest BCUT2D eigenvalue weighted by atomic mass is 9.79. The van der Waals surface area contributed by atoms with Gasteiger partial charge in [0.05, 0.1) is 12.0 Å². The third-order valence-corrected chi connectivity index (χ3v) is 4.18. The monoisotopic (exact) mass is 278 g/mol. The second kappa shape index (κ2) is 7.32. The molecule has 0 aliphatic rings. The van der Waals surface area contributed by atoms with E-state index in [-0.39, 0.29) is 0 Å². The molecule has 3 heteroatoms.